The van der Waals surface area contributed by atoms with Gasteiger partial charge in [0.2, 0.25) is 12.3 Å². The van der Waals surface area contributed by atoms with Crippen LogP contribution in [0, 0.1) is 6.92 Å². The molecule has 6 heteroatoms. The molecule has 0 saturated carbocycles. The molecule has 100 valence electrons. The van der Waals surface area contributed by atoms with Crippen LogP contribution in [0.1, 0.15) is 11.3 Å². The first-order chi connectivity index (χ1) is 9.83. The smallest absolute Gasteiger partial charge is 0.247 e. The number of rotatable bonds is 4. The molecule has 0 fully saturated rings. The van der Waals surface area contributed by atoms with Crippen LogP contribution in [0.15, 0.2) is 47.6 Å². The fourth-order valence-electron chi connectivity index (χ4n) is 1.90. The Bertz CT molecular complexity index is 682. The largest absolute Gasteiger partial charge is 0.423 e. The van der Waals surface area contributed by atoms with Gasteiger partial charge in [-0.1, -0.05) is 0 Å². The number of nitrogens with one attached hydrogen (secondary N) is 1. The Kier molecular flexibility index (Phi) is 3.36. The Labute approximate surface area is 115 Å². The lowest BCUT2D eigenvalue weighted by molar-refractivity contribution is 0.568. The second-order valence-electron chi connectivity index (χ2n) is 4.33. The van der Waals surface area contributed by atoms with Crippen molar-refractivity contribution in [1.82, 2.24) is 20.2 Å². The average Bonchev–Trinajstić information content (AvgIpc) is 3.01. The summed E-state index contributed by atoms with van der Waals surface area (Å²) in [5.41, 5.74) is 4.01. The summed E-state index contributed by atoms with van der Waals surface area (Å²) in [6.45, 7) is 2.69. The molecule has 0 aliphatic carbocycles. The molecule has 0 atom stereocenters. The summed E-state index contributed by atoms with van der Waals surface area (Å²) in [5, 5.41) is 10.9. The van der Waals surface area contributed by atoms with Gasteiger partial charge in [-0.05, 0) is 36.8 Å². The van der Waals surface area contributed by atoms with Crippen LogP contribution in [0.2, 0.25) is 0 Å². The number of hydrogen-bond donors (Lipinski definition) is 1. The third-order valence-electron chi connectivity index (χ3n) is 2.94. The number of nitrogens with zero attached hydrogens (tertiary/aromatic N) is 4. The molecule has 1 aromatic carbocycles. The quantitative estimate of drug-likeness (QED) is 0.782. The third kappa shape index (κ3) is 2.64. The lowest BCUT2D eigenvalue weighted by Gasteiger charge is -2.09. The van der Waals surface area contributed by atoms with Crippen LogP contribution in [0.5, 0.6) is 0 Å². The van der Waals surface area contributed by atoms with E-state index in [0.717, 1.165) is 22.5 Å². The summed E-state index contributed by atoms with van der Waals surface area (Å²) in [7, 11) is 0. The van der Waals surface area contributed by atoms with E-state index in [4.69, 9.17) is 4.42 Å². The highest BCUT2D eigenvalue weighted by Gasteiger charge is 2.06. The summed E-state index contributed by atoms with van der Waals surface area (Å²) >= 11 is 0. The van der Waals surface area contributed by atoms with Crippen molar-refractivity contribution in [2.24, 2.45) is 0 Å². The van der Waals surface area contributed by atoms with Gasteiger partial charge in [-0.3, -0.25) is 0 Å². The summed E-state index contributed by atoms with van der Waals surface area (Å²) < 4.78 is 5.18. The second-order valence-corrected chi connectivity index (χ2v) is 4.33. The zero-order valence-corrected chi connectivity index (χ0v) is 10.9. The first-order valence-corrected chi connectivity index (χ1v) is 6.19. The molecule has 0 radical (unpaired) electrons. The molecule has 1 N–H and O–H groups in total. The molecule has 20 heavy (non-hydrogen) atoms. The Hall–Kier alpha value is -2.76. The van der Waals surface area contributed by atoms with E-state index in [1.807, 2.05) is 31.2 Å². The first kappa shape index (κ1) is 12.3. The van der Waals surface area contributed by atoms with Crippen LogP contribution >= 0.6 is 0 Å². The van der Waals surface area contributed by atoms with Gasteiger partial charge in [-0.15, -0.1) is 10.2 Å². The van der Waals surface area contributed by atoms with Gasteiger partial charge in [-0.25, -0.2) is 9.97 Å². The minimum atomic E-state index is 0.524. The van der Waals surface area contributed by atoms with Crippen LogP contribution in [-0.2, 0) is 6.54 Å². The van der Waals surface area contributed by atoms with Gasteiger partial charge in [0.25, 0.3) is 0 Å². The van der Waals surface area contributed by atoms with Crippen molar-refractivity contribution >= 4 is 5.69 Å². The van der Waals surface area contributed by atoms with Crippen molar-refractivity contribution in [1.29, 1.82) is 0 Å². The summed E-state index contributed by atoms with van der Waals surface area (Å²) in [6, 6.07) is 7.84. The van der Waals surface area contributed by atoms with Crippen molar-refractivity contribution in [3.8, 4) is 11.5 Å². The lowest BCUT2D eigenvalue weighted by Crippen LogP contribution is -2.03. The molecule has 2 aromatic heterocycles. The molecule has 2 heterocycles. The summed E-state index contributed by atoms with van der Waals surface area (Å²) in [6.07, 6.45) is 4.60. The number of hydrogen-bond acceptors (Lipinski definition) is 6. The fraction of sp³-hybridized carbons (Fsp3) is 0.143. The van der Waals surface area contributed by atoms with Crippen LogP contribution in [0.25, 0.3) is 11.5 Å². The standard InChI is InChI=1S/C14H13N5O/c1-10-6-11(14-19-18-9-20-14)2-3-13(10)16-7-12-4-5-15-8-17-12/h2-6,8-9,16H,7H2,1H3. The molecule has 3 rings (SSSR count). The Morgan fingerprint density at radius 3 is 2.90 bits per heavy atom. The highest BCUT2D eigenvalue weighted by Crippen LogP contribution is 2.23. The van der Waals surface area contributed by atoms with Crippen LogP contribution in [0.4, 0.5) is 5.69 Å². The highest BCUT2D eigenvalue weighted by atomic mass is 16.4. The van der Waals surface area contributed by atoms with E-state index in [0.29, 0.717) is 12.4 Å². The molecular formula is C14H13N5O. The second kappa shape index (κ2) is 5.48. The average molecular weight is 267 g/mol. The van der Waals surface area contributed by atoms with Crippen molar-refractivity contribution in [2.45, 2.75) is 13.5 Å². The maximum absolute atomic E-state index is 5.18. The van der Waals surface area contributed by atoms with Gasteiger partial charge < -0.3 is 9.73 Å². The van der Waals surface area contributed by atoms with Crippen molar-refractivity contribution < 1.29 is 4.42 Å². The van der Waals surface area contributed by atoms with Crippen molar-refractivity contribution in [2.75, 3.05) is 5.32 Å². The van der Waals surface area contributed by atoms with Gasteiger partial charge in [0.15, 0.2) is 0 Å². The van der Waals surface area contributed by atoms with Gasteiger partial charge >= 0.3 is 0 Å². The molecule has 3 aromatic rings. The molecule has 0 aliphatic rings. The Morgan fingerprint density at radius 2 is 2.20 bits per heavy atom. The minimum Gasteiger partial charge on any atom is -0.423 e. The summed E-state index contributed by atoms with van der Waals surface area (Å²) in [4.78, 5) is 8.07. The molecule has 0 spiro atoms. The minimum absolute atomic E-state index is 0.524. The lowest BCUT2D eigenvalue weighted by atomic mass is 10.1. The van der Waals surface area contributed by atoms with Gasteiger partial charge in [0, 0.05) is 17.4 Å². The zero-order chi connectivity index (χ0) is 13.8. The maximum Gasteiger partial charge on any atom is 0.247 e. The predicted octanol–water partition coefficient (Wildman–Crippen LogP) is 2.45. The SMILES string of the molecule is Cc1cc(-c2nnco2)ccc1NCc1ccncn1. The molecule has 0 unspecified atom stereocenters. The third-order valence-corrected chi connectivity index (χ3v) is 2.94. The number of aryl methyl sites for hydroxylation is 1. The monoisotopic (exact) mass is 267 g/mol. The molecule has 0 saturated heterocycles. The Balaban J connectivity index is 1.75. The van der Waals surface area contributed by atoms with E-state index in [1.54, 1.807) is 12.5 Å². The van der Waals surface area contributed by atoms with E-state index in [-0.39, 0.29) is 0 Å². The van der Waals surface area contributed by atoms with E-state index in [1.165, 1.54) is 6.39 Å². The molecule has 0 amide bonds. The molecular weight excluding hydrogens is 254 g/mol. The van der Waals surface area contributed by atoms with E-state index in [9.17, 15) is 0 Å². The van der Waals surface area contributed by atoms with Crippen LogP contribution in [0.3, 0.4) is 0 Å². The summed E-state index contributed by atoms with van der Waals surface area (Å²) in [5.74, 6) is 0.524. The van der Waals surface area contributed by atoms with Crippen LogP contribution < -0.4 is 5.32 Å². The number of benzene rings is 1. The Morgan fingerprint density at radius 1 is 1.25 bits per heavy atom. The molecule has 6 nitrogen and oxygen atoms in total. The van der Waals surface area contributed by atoms with Crippen molar-refractivity contribution in [3.05, 3.63) is 54.4 Å². The fourth-order valence-corrected chi connectivity index (χ4v) is 1.90. The predicted molar refractivity (Wildman–Crippen MR) is 73.8 cm³/mol. The number of aromatic nitrogens is 4. The highest BCUT2D eigenvalue weighted by molar-refractivity contribution is 5.62. The van der Waals surface area contributed by atoms with E-state index in [2.05, 4.69) is 25.5 Å². The zero-order valence-electron chi connectivity index (χ0n) is 10.9. The molecule has 0 bridgehead atoms. The first-order valence-electron chi connectivity index (χ1n) is 6.19. The van der Waals surface area contributed by atoms with Crippen LogP contribution in [-0.4, -0.2) is 20.2 Å². The van der Waals surface area contributed by atoms with Crippen molar-refractivity contribution in [3.63, 3.8) is 0 Å². The van der Waals surface area contributed by atoms with Gasteiger partial charge in [0.05, 0.1) is 12.2 Å². The topological polar surface area (TPSA) is 76.7 Å². The number of anilines is 1. The van der Waals surface area contributed by atoms with E-state index >= 15 is 0 Å². The van der Waals surface area contributed by atoms with Gasteiger partial charge in [-0.2, -0.15) is 0 Å². The van der Waals surface area contributed by atoms with E-state index < -0.39 is 0 Å². The molecule has 0 aliphatic heterocycles. The maximum atomic E-state index is 5.18. The normalized spacial score (nSPS) is 10.4. The van der Waals surface area contributed by atoms with Gasteiger partial charge in [0.1, 0.15) is 6.33 Å².